The van der Waals surface area contributed by atoms with Crippen LogP contribution in [0.5, 0.6) is 0 Å². The van der Waals surface area contributed by atoms with Crippen LogP contribution in [0, 0.1) is 6.92 Å². The largest absolute Gasteiger partial charge is 0.414 e. The fraction of sp³-hybridized carbons (Fsp3) is 0.500. The molecule has 1 heterocycles. The van der Waals surface area contributed by atoms with Crippen molar-refractivity contribution in [2.75, 3.05) is 0 Å². The smallest absolute Gasteiger partial charge is 0.383 e. The quantitative estimate of drug-likeness (QED) is 0.803. The molecule has 3 nitrogen and oxygen atoms in total. The molecule has 1 aromatic heterocycles. The normalized spacial score (nSPS) is 14.0. The number of rotatable bonds is 2. The lowest BCUT2D eigenvalue weighted by Gasteiger charge is -2.13. The molecule has 0 saturated carbocycles. The van der Waals surface area contributed by atoms with Crippen molar-refractivity contribution in [2.24, 2.45) is 0 Å². The first-order valence-corrected chi connectivity index (χ1v) is 4.41. The summed E-state index contributed by atoms with van der Waals surface area (Å²) in [5.74, 6) is 0. The molecule has 7 heteroatoms. The Balaban J connectivity index is 2.81. The van der Waals surface area contributed by atoms with Gasteiger partial charge in [0.15, 0.2) is 6.10 Å². The SMILES string of the molecule is Cc1cc(CC(O)C(F)(F)F)nc(Cl)n1. The average molecular weight is 241 g/mol. The van der Waals surface area contributed by atoms with Gasteiger partial charge in [-0.1, -0.05) is 0 Å². The highest BCUT2D eigenvalue weighted by Gasteiger charge is 2.38. The minimum Gasteiger partial charge on any atom is -0.383 e. The number of aryl methyl sites for hydroxylation is 1. The van der Waals surface area contributed by atoms with E-state index in [9.17, 15) is 13.2 Å². The lowest BCUT2D eigenvalue weighted by Crippen LogP contribution is -2.30. The number of halogens is 4. The maximum absolute atomic E-state index is 12.0. The summed E-state index contributed by atoms with van der Waals surface area (Å²) in [4.78, 5) is 7.28. The Labute approximate surface area is 88.9 Å². The average Bonchev–Trinajstić information content (AvgIpc) is 1.99. The highest BCUT2D eigenvalue weighted by molar-refractivity contribution is 6.28. The molecular formula is C8H8ClF3N2O. The molecule has 0 aliphatic rings. The lowest BCUT2D eigenvalue weighted by molar-refractivity contribution is -0.203. The van der Waals surface area contributed by atoms with Crippen LogP contribution in [0.1, 0.15) is 11.4 Å². The summed E-state index contributed by atoms with van der Waals surface area (Å²) in [6.45, 7) is 1.58. The van der Waals surface area contributed by atoms with Gasteiger partial charge in [0.2, 0.25) is 5.28 Å². The van der Waals surface area contributed by atoms with Crippen molar-refractivity contribution < 1.29 is 18.3 Å². The molecule has 0 amide bonds. The summed E-state index contributed by atoms with van der Waals surface area (Å²) < 4.78 is 36.0. The van der Waals surface area contributed by atoms with Gasteiger partial charge in [-0.05, 0) is 24.6 Å². The van der Waals surface area contributed by atoms with Crippen LogP contribution >= 0.6 is 11.6 Å². The summed E-state index contributed by atoms with van der Waals surface area (Å²) in [7, 11) is 0. The van der Waals surface area contributed by atoms with Gasteiger partial charge in [-0.2, -0.15) is 13.2 Å². The third-order valence-electron chi connectivity index (χ3n) is 1.66. The lowest BCUT2D eigenvalue weighted by atomic mass is 10.2. The topological polar surface area (TPSA) is 46.0 Å². The summed E-state index contributed by atoms with van der Waals surface area (Å²) in [6, 6.07) is 1.35. The van der Waals surface area contributed by atoms with Crippen LogP contribution in [-0.2, 0) is 6.42 Å². The van der Waals surface area contributed by atoms with Crippen molar-refractivity contribution in [3.05, 3.63) is 22.7 Å². The molecular weight excluding hydrogens is 233 g/mol. The van der Waals surface area contributed by atoms with E-state index >= 15 is 0 Å². The first kappa shape index (κ1) is 12.2. The third kappa shape index (κ3) is 3.64. The molecule has 15 heavy (non-hydrogen) atoms. The Kier molecular flexibility index (Phi) is 3.51. The molecule has 0 radical (unpaired) electrons. The number of alkyl halides is 3. The van der Waals surface area contributed by atoms with E-state index in [4.69, 9.17) is 16.7 Å². The molecule has 1 unspecified atom stereocenters. The van der Waals surface area contributed by atoms with Crippen molar-refractivity contribution in [1.82, 2.24) is 9.97 Å². The van der Waals surface area contributed by atoms with E-state index in [0.29, 0.717) is 5.69 Å². The fourth-order valence-corrected chi connectivity index (χ4v) is 1.25. The Morgan fingerprint density at radius 1 is 1.47 bits per heavy atom. The minimum absolute atomic E-state index is 0.0670. The first-order valence-electron chi connectivity index (χ1n) is 4.04. The molecule has 0 fully saturated rings. The number of hydrogen-bond acceptors (Lipinski definition) is 3. The van der Waals surface area contributed by atoms with E-state index in [1.54, 1.807) is 6.92 Å². The van der Waals surface area contributed by atoms with E-state index in [2.05, 4.69) is 9.97 Å². The van der Waals surface area contributed by atoms with Gasteiger partial charge in [-0.15, -0.1) is 0 Å². The van der Waals surface area contributed by atoms with E-state index in [1.165, 1.54) is 6.07 Å². The van der Waals surface area contributed by atoms with E-state index in [-0.39, 0.29) is 11.0 Å². The zero-order valence-electron chi connectivity index (χ0n) is 7.72. The van der Waals surface area contributed by atoms with Gasteiger partial charge < -0.3 is 5.11 Å². The molecule has 84 valence electrons. The highest BCUT2D eigenvalue weighted by atomic mass is 35.5. The monoisotopic (exact) mass is 240 g/mol. The van der Waals surface area contributed by atoms with Gasteiger partial charge in [-0.25, -0.2) is 9.97 Å². The van der Waals surface area contributed by atoms with Gasteiger partial charge in [0.25, 0.3) is 0 Å². The van der Waals surface area contributed by atoms with Crippen molar-refractivity contribution in [3.8, 4) is 0 Å². The number of aliphatic hydroxyl groups is 1. The second-order valence-electron chi connectivity index (χ2n) is 3.03. The highest BCUT2D eigenvalue weighted by Crippen LogP contribution is 2.22. The first-order chi connectivity index (χ1) is 6.79. The molecule has 1 aromatic rings. The molecule has 0 bridgehead atoms. The van der Waals surface area contributed by atoms with Crippen LogP contribution < -0.4 is 0 Å². The van der Waals surface area contributed by atoms with Crippen molar-refractivity contribution in [2.45, 2.75) is 25.6 Å². The maximum Gasteiger partial charge on any atom is 0.414 e. The Morgan fingerprint density at radius 2 is 2.07 bits per heavy atom. The van der Waals surface area contributed by atoms with Crippen LogP contribution in [-0.4, -0.2) is 27.4 Å². The zero-order valence-corrected chi connectivity index (χ0v) is 8.47. The van der Waals surface area contributed by atoms with Gasteiger partial charge in [-0.3, -0.25) is 0 Å². The van der Waals surface area contributed by atoms with Gasteiger partial charge in [0.1, 0.15) is 0 Å². The van der Waals surface area contributed by atoms with Crippen LogP contribution in [0.2, 0.25) is 5.28 Å². The van der Waals surface area contributed by atoms with E-state index in [1.807, 2.05) is 0 Å². The van der Waals surface area contributed by atoms with Crippen LogP contribution in [0.15, 0.2) is 6.07 Å². The number of hydrogen-bond donors (Lipinski definition) is 1. The summed E-state index contributed by atoms with van der Waals surface area (Å²) in [6.07, 6.45) is -7.69. The molecule has 0 saturated heterocycles. The molecule has 0 aromatic carbocycles. The second-order valence-corrected chi connectivity index (χ2v) is 3.37. The third-order valence-corrected chi connectivity index (χ3v) is 1.83. The Hall–Kier alpha value is -0.880. The van der Waals surface area contributed by atoms with Crippen LogP contribution in [0.4, 0.5) is 13.2 Å². The zero-order chi connectivity index (χ0) is 11.6. The van der Waals surface area contributed by atoms with Crippen LogP contribution in [0.25, 0.3) is 0 Å². The molecule has 1 atom stereocenters. The second kappa shape index (κ2) is 4.32. The predicted octanol–water partition coefficient (Wildman–Crippen LogP) is 1.90. The van der Waals surface area contributed by atoms with E-state index in [0.717, 1.165) is 0 Å². The van der Waals surface area contributed by atoms with Gasteiger partial charge in [0.05, 0.1) is 0 Å². The minimum atomic E-state index is -4.65. The number of aromatic nitrogens is 2. The van der Waals surface area contributed by atoms with Crippen molar-refractivity contribution in [1.29, 1.82) is 0 Å². The summed E-state index contributed by atoms with van der Waals surface area (Å²) >= 11 is 5.46. The predicted molar refractivity (Wildman–Crippen MR) is 47.5 cm³/mol. The van der Waals surface area contributed by atoms with Crippen molar-refractivity contribution in [3.63, 3.8) is 0 Å². The molecule has 0 spiro atoms. The molecule has 1 N–H and O–H groups in total. The molecule has 0 aliphatic carbocycles. The number of nitrogens with zero attached hydrogens (tertiary/aromatic N) is 2. The Morgan fingerprint density at radius 3 is 2.53 bits per heavy atom. The summed E-state index contributed by atoms with van der Waals surface area (Å²) in [5, 5.41) is 8.67. The maximum atomic E-state index is 12.0. The number of aliphatic hydroxyl groups excluding tert-OH is 1. The standard InChI is InChI=1S/C8H8ClF3N2O/c1-4-2-5(14-7(9)13-4)3-6(15)8(10,11)12/h2,6,15H,3H2,1H3. The summed E-state index contributed by atoms with van der Waals surface area (Å²) in [5.41, 5.74) is 0.525. The molecule has 0 aliphatic heterocycles. The van der Waals surface area contributed by atoms with Gasteiger partial charge >= 0.3 is 6.18 Å². The van der Waals surface area contributed by atoms with Gasteiger partial charge in [0, 0.05) is 17.8 Å². The van der Waals surface area contributed by atoms with Crippen LogP contribution in [0.3, 0.4) is 0 Å². The van der Waals surface area contributed by atoms with E-state index < -0.39 is 18.7 Å². The van der Waals surface area contributed by atoms with Crippen molar-refractivity contribution >= 4 is 11.6 Å². The Bertz CT molecular complexity index is 336. The molecule has 1 rings (SSSR count). The fourth-order valence-electron chi connectivity index (χ4n) is 1.01.